The zero-order chi connectivity index (χ0) is 21.6. The Morgan fingerprint density at radius 2 is 1.93 bits per heavy atom. The molecule has 0 radical (unpaired) electrons. The van der Waals surface area contributed by atoms with Crippen molar-refractivity contribution in [1.29, 1.82) is 0 Å². The van der Waals surface area contributed by atoms with Crippen molar-refractivity contribution in [2.75, 3.05) is 38.3 Å². The van der Waals surface area contributed by atoms with Gasteiger partial charge in [-0.3, -0.25) is 15.5 Å². The second-order valence-electron chi connectivity index (χ2n) is 6.33. The number of rotatable bonds is 8. The van der Waals surface area contributed by atoms with E-state index in [1.807, 2.05) is 6.92 Å². The first-order chi connectivity index (χ1) is 14.4. The van der Waals surface area contributed by atoms with Crippen LogP contribution in [0.2, 0.25) is 0 Å². The van der Waals surface area contributed by atoms with Gasteiger partial charge in [0, 0.05) is 25.2 Å². The lowest BCUT2D eigenvalue weighted by Gasteiger charge is -2.26. The molecule has 30 heavy (non-hydrogen) atoms. The fourth-order valence-corrected chi connectivity index (χ4v) is 4.42. The van der Waals surface area contributed by atoms with E-state index in [4.69, 9.17) is 9.47 Å². The molecule has 160 valence electrons. The predicted molar refractivity (Wildman–Crippen MR) is 112 cm³/mol. The number of ether oxygens (including phenoxy) is 2. The molecular formula is C19H22N4O6S. The lowest BCUT2D eigenvalue weighted by molar-refractivity contribution is -0.385. The van der Waals surface area contributed by atoms with Crippen molar-refractivity contribution in [3.8, 4) is 5.75 Å². The Labute approximate surface area is 174 Å². The highest BCUT2D eigenvalue weighted by Gasteiger charge is 2.30. The number of nitrogens with zero attached hydrogens (tertiary/aromatic N) is 3. The number of hydrogen-bond acceptors (Lipinski definition) is 8. The van der Waals surface area contributed by atoms with E-state index in [-0.39, 0.29) is 42.6 Å². The average Bonchev–Trinajstić information content (AvgIpc) is 2.76. The summed E-state index contributed by atoms with van der Waals surface area (Å²) in [5.41, 5.74) is 3.29. The van der Waals surface area contributed by atoms with Crippen LogP contribution in [0.25, 0.3) is 0 Å². The molecule has 0 aromatic heterocycles. The van der Waals surface area contributed by atoms with Crippen molar-refractivity contribution in [3.63, 3.8) is 0 Å². The molecule has 0 atom stereocenters. The van der Waals surface area contributed by atoms with Gasteiger partial charge in [-0.1, -0.05) is 0 Å². The fraction of sp³-hybridized carbons (Fsp3) is 0.316. The Hall–Kier alpha value is -3.02. The summed E-state index contributed by atoms with van der Waals surface area (Å²) in [7, 11) is -3.96. The number of non-ortho nitro benzene ring substituents is 1. The first kappa shape index (κ1) is 21.7. The highest BCUT2D eigenvalue weighted by atomic mass is 32.2. The molecule has 0 unspecified atom stereocenters. The number of benzene rings is 2. The molecule has 0 amide bonds. The standard InChI is InChI=1S/C19H22N4O6S/c1-2-29-17-6-3-15(4-7-17)14-20-21-18-8-5-16(23(24)25)13-19(18)30(26,27)22-9-11-28-12-10-22/h3-8,13-14,21H,2,9-12H2,1H3. The first-order valence-electron chi connectivity index (χ1n) is 9.30. The molecular weight excluding hydrogens is 412 g/mol. The maximum absolute atomic E-state index is 13.1. The summed E-state index contributed by atoms with van der Waals surface area (Å²) in [6.45, 7) is 3.36. The van der Waals surface area contributed by atoms with E-state index in [1.54, 1.807) is 24.3 Å². The summed E-state index contributed by atoms with van der Waals surface area (Å²) < 4.78 is 37.9. The molecule has 1 heterocycles. The number of morpholine rings is 1. The van der Waals surface area contributed by atoms with Crippen LogP contribution in [-0.4, -0.2) is 56.8 Å². The highest BCUT2D eigenvalue weighted by Crippen LogP contribution is 2.29. The van der Waals surface area contributed by atoms with Gasteiger partial charge in [-0.2, -0.15) is 9.41 Å². The van der Waals surface area contributed by atoms with Gasteiger partial charge in [0.2, 0.25) is 10.0 Å². The highest BCUT2D eigenvalue weighted by molar-refractivity contribution is 7.89. The molecule has 0 bridgehead atoms. The van der Waals surface area contributed by atoms with Gasteiger partial charge >= 0.3 is 0 Å². The van der Waals surface area contributed by atoms with Crippen LogP contribution in [0.5, 0.6) is 5.75 Å². The largest absolute Gasteiger partial charge is 0.494 e. The Kier molecular flexibility index (Phi) is 6.98. The third-order valence-electron chi connectivity index (χ3n) is 4.35. The molecule has 2 aromatic carbocycles. The molecule has 1 fully saturated rings. The van der Waals surface area contributed by atoms with E-state index in [2.05, 4.69) is 10.5 Å². The molecule has 11 heteroatoms. The van der Waals surface area contributed by atoms with Crippen molar-refractivity contribution in [2.45, 2.75) is 11.8 Å². The van der Waals surface area contributed by atoms with Crippen LogP contribution in [0, 0.1) is 10.1 Å². The summed E-state index contributed by atoms with van der Waals surface area (Å²) in [5.74, 6) is 0.733. The van der Waals surface area contributed by atoms with E-state index >= 15 is 0 Å². The number of hydrogen-bond donors (Lipinski definition) is 1. The van der Waals surface area contributed by atoms with Crippen LogP contribution in [0.15, 0.2) is 52.5 Å². The normalized spacial score (nSPS) is 15.2. The third-order valence-corrected chi connectivity index (χ3v) is 6.29. The average molecular weight is 434 g/mol. The van der Waals surface area contributed by atoms with Crippen LogP contribution in [0.4, 0.5) is 11.4 Å². The molecule has 3 rings (SSSR count). The fourth-order valence-electron chi connectivity index (χ4n) is 2.85. The number of nitro groups is 1. The third kappa shape index (κ3) is 5.12. The second kappa shape index (κ2) is 9.65. The van der Waals surface area contributed by atoms with Crippen molar-refractivity contribution in [2.24, 2.45) is 5.10 Å². The minimum Gasteiger partial charge on any atom is -0.494 e. The lowest BCUT2D eigenvalue weighted by atomic mass is 10.2. The summed E-state index contributed by atoms with van der Waals surface area (Å²) >= 11 is 0. The molecule has 10 nitrogen and oxygen atoms in total. The van der Waals surface area contributed by atoms with Gasteiger partial charge in [0.1, 0.15) is 10.6 Å². The molecule has 0 saturated carbocycles. The minimum atomic E-state index is -3.96. The molecule has 0 spiro atoms. The molecule has 2 aromatic rings. The van der Waals surface area contributed by atoms with Gasteiger partial charge in [-0.25, -0.2) is 8.42 Å². The van der Waals surface area contributed by atoms with Crippen LogP contribution >= 0.6 is 0 Å². The van der Waals surface area contributed by atoms with Gasteiger partial charge in [0.25, 0.3) is 5.69 Å². The van der Waals surface area contributed by atoms with E-state index in [9.17, 15) is 18.5 Å². The van der Waals surface area contributed by atoms with Crippen molar-refractivity contribution >= 4 is 27.6 Å². The molecule has 1 aliphatic rings. The number of sulfonamides is 1. The maximum Gasteiger partial charge on any atom is 0.270 e. The Morgan fingerprint density at radius 3 is 2.57 bits per heavy atom. The quantitative estimate of drug-likeness (QED) is 0.384. The number of hydrazone groups is 1. The Bertz CT molecular complexity index is 1020. The molecule has 1 aliphatic heterocycles. The van der Waals surface area contributed by atoms with Gasteiger partial charge in [0.05, 0.1) is 36.6 Å². The summed E-state index contributed by atoms with van der Waals surface area (Å²) in [4.78, 5) is 10.3. The summed E-state index contributed by atoms with van der Waals surface area (Å²) in [6, 6.07) is 10.8. The van der Waals surface area contributed by atoms with E-state index < -0.39 is 14.9 Å². The van der Waals surface area contributed by atoms with Crippen LogP contribution in [0.1, 0.15) is 12.5 Å². The first-order valence-corrected chi connectivity index (χ1v) is 10.7. The Balaban J connectivity index is 1.85. The van der Waals surface area contributed by atoms with Crippen molar-refractivity contribution in [3.05, 3.63) is 58.1 Å². The molecule has 0 aliphatic carbocycles. The Morgan fingerprint density at radius 1 is 1.23 bits per heavy atom. The van der Waals surface area contributed by atoms with Crippen molar-refractivity contribution < 1.29 is 22.8 Å². The monoisotopic (exact) mass is 434 g/mol. The van der Waals surface area contributed by atoms with Gasteiger partial charge in [-0.05, 0) is 42.8 Å². The topological polar surface area (TPSA) is 123 Å². The van der Waals surface area contributed by atoms with Crippen LogP contribution in [0.3, 0.4) is 0 Å². The summed E-state index contributed by atoms with van der Waals surface area (Å²) in [5, 5.41) is 15.2. The number of nitro benzene ring substituents is 1. The SMILES string of the molecule is CCOc1ccc(C=NNc2ccc([N+](=O)[O-])cc2S(=O)(=O)N2CCOCC2)cc1. The van der Waals surface area contributed by atoms with Gasteiger partial charge in [-0.15, -0.1) is 0 Å². The lowest BCUT2D eigenvalue weighted by Crippen LogP contribution is -2.40. The van der Waals surface area contributed by atoms with E-state index in [0.29, 0.717) is 6.61 Å². The minimum absolute atomic E-state index is 0.147. The molecule has 1 N–H and O–H groups in total. The van der Waals surface area contributed by atoms with Gasteiger partial charge in [0.15, 0.2) is 0 Å². The maximum atomic E-state index is 13.1. The zero-order valence-corrected chi connectivity index (χ0v) is 17.2. The second-order valence-corrected chi connectivity index (χ2v) is 8.23. The van der Waals surface area contributed by atoms with Gasteiger partial charge < -0.3 is 9.47 Å². The van der Waals surface area contributed by atoms with Crippen molar-refractivity contribution in [1.82, 2.24) is 4.31 Å². The summed E-state index contributed by atoms with van der Waals surface area (Å²) in [6.07, 6.45) is 1.52. The smallest absolute Gasteiger partial charge is 0.270 e. The number of nitrogens with one attached hydrogen (secondary N) is 1. The van der Waals surface area contributed by atoms with Crippen LogP contribution in [-0.2, 0) is 14.8 Å². The predicted octanol–water partition coefficient (Wildman–Crippen LogP) is 2.46. The number of anilines is 1. The van der Waals surface area contributed by atoms with Crippen LogP contribution < -0.4 is 10.2 Å². The van der Waals surface area contributed by atoms with E-state index in [1.165, 1.54) is 22.7 Å². The zero-order valence-electron chi connectivity index (χ0n) is 16.4. The van der Waals surface area contributed by atoms with E-state index in [0.717, 1.165) is 17.4 Å². The molecule has 1 saturated heterocycles.